The number of benzene rings is 1. The summed E-state index contributed by atoms with van der Waals surface area (Å²) in [5.74, 6) is 0.475. The van der Waals surface area contributed by atoms with Gasteiger partial charge < -0.3 is 15.1 Å². The monoisotopic (exact) mass is 420 g/mol. The molecule has 156 valence electrons. The first-order valence-electron chi connectivity index (χ1n) is 9.36. The third-order valence-electron chi connectivity index (χ3n) is 4.63. The Morgan fingerprint density at radius 1 is 1.14 bits per heavy atom. The second kappa shape index (κ2) is 9.66. The van der Waals surface area contributed by atoms with Crippen molar-refractivity contribution in [2.45, 2.75) is 4.90 Å². The summed E-state index contributed by atoms with van der Waals surface area (Å²) in [4.78, 5) is 12.3. The average molecular weight is 421 g/mol. The molecule has 1 aromatic carbocycles. The van der Waals surface area contributed by atoms with Gasteiger partial charge in [0.25, 0.3) is 0 Å². The van der Waals surface area contributed by atoms with Crippen LogP contribution in [0.15, 0.2) is 58.7 Å². The van der Waals surface area contributed by atoms with Gasteiger partial charge in [-0.3, -0.25) is 9.98 Å². The number of pyridine rings is 1. The lowest BCUT2D eigenvalue weighted by Gasteiger charge is -2.37. The Bertz CT molecular complexity index is 931. The van der Waals surface area contributed by atoms with Crippen LogP contribution in [-0.2, 0) is 10.0 Å². The summed E-state index contributed by atoms with van der Waals surface area (Å²) >= 11 is 0. The van der Waals surface area contributed by atoms with E-state index in [9.17, 15) is 12.8 Å². The Hall–Kier alpha value is -2.72. The molecular weight excluding hydrogens is 395 g/mol. The zero-order valence-electron chi connectivity index (χ0n) is 16.3. The van der Waals surface area contributed by atoms with Gasteiger partial charge in [-0.05, 0) is 24.3 Å². The van der Waals surface area contributed by atoms with Gasteiger partial charge in [0.15, 0.2) is 5.96 Å². The van der Waals surface area contributed by atoms with Crippen molar-refractivity contribution in [1.29, 1.82) is 0 Å². The number of hydrogen-bond donors (Lipinski definition) is 2. The maximum Gasteiger partial charge on any atom is 0.242 e. The summed E-state index contributed by atoms with van der Waals surface area (Å²) in [5.41, 5.74) is 0.611. The standard InChI is InChI=1S/C19H25FN6O2S/c1-21-19(23-9-10-24-29(27,28)16-5-4-8-22-15-16)26-13-11-25(12-14-26)18-7-3-2-6-17(18)20/h2-8,15,24H,9-14H2,1H3,(H,21,23). The summed E-state index contributed by atoms with van der Waals surface area (Å²) in [6, 6.07) is 9.84. The highest BCUT2D eigenvalue weighted by atomic mass is 32.2. The quantitative estimate of drug-likeness (QED) is 0.410. The number of anilines is 1. The molecule has 0 atom stereocenters. The molecule has 8 nitrogen and oxygen atoms in total. The van der Waals surface area contributed by atoms with Crippen molar-refractivity contribution in [3.8, 4) is 0 Å². The van der Waals surface area contributed by atoms with Crippen LogP contribution in [0.1, 0.15) is 0 Å². The predicted octanol–water partition coefficient (Wildman–Crippen LogP) is 0.897. The van der Waals surface area contributed by atoms with Crippen LogP contribution in [0, 0.1) is 5.82 Å². The zero-order valence-corrected chi connectivity index (χ0v) is 17.1. The van der Waals surface area contributed by atoms with Gasteiger partial charge in [-0.15, -0.1) is 0 Å². The summed E-state index contributed by atoms with van der Waals surface area (Å²) < 4.78 is 40.9. The number of aromatic nitrogens is 1. The number of hydrogen-bond acceptors (Lipinski definition) is 5. The van der Waals surface area contributed by atoms with Crippen LogP contribution < -0.4 is 14.9 Å². The second-order valence-electron chi connectivity index (χ2n) is 6.49. The molecule has 1 fully saturated rings. The van der Waals surface area contributed by atoms with Gasteiger partial charge in [-0.25, -0.2) is 17.5 Å². The third kappa shape index (κ3) is 5.42. The van der Waals surface area contributed by atoms with Crippen molar-refractivity contribution in [1.82, 2.24) is 19.9 Å². The number of piperazine rings is 1. The van der Waals surface area contributed by atoms with Crippen molar-refractivity contribution in [3.63, 3.8) is 0 Å². The lowest BCUT2D eigenvalue weighted by molar-refractivity contribution is 0.371. The van der Waals surface area contributed by atoms with Crippen molar-refractivity contribution in [2.24, 2.45) is 4.99 Å². The van der Waals surface area contributed by atoms with E-state index in [-0.39, 0.29) is 17.3 Å². The van der Waals surface area contributed by atoms with Crippen LogP contribution in [-0.4, -0.2) is 70.6 Å². The minimum absolute atomic E-state index is 0.133. The second-order valence-corrected chi connectivity index (χ2v) is 8.25. The van der Waals surface area contributed by atoms with Gasteiger partial charge >= 0.3 is 0 Å². The molecule has 0 bridgehead atoms. The number of nitrogens with zero attached hydrogens (tertiary/aromatic N) is 4. The first kappa shape index (κ1) is 21.0. The van der Waals surface area contributed by atoms with E-state index in [2.05, 4.69) is 24.9 Å². The molecule has 0 spiro atoms. The lowest BCUT2D eigenvalue weighted by Crippen LogP contribution is -2.53. The third-order valence-corrected chi connectivity index (χ3v) is 6.08. The van der Waals surface area contributed by atoms with Crippen LogP contribution in [0.4, 0.5) is 10.1 Å². The van der Waals surface area contributed by atoms with E-state index in [0.29, 0.717) is 44.4 Å². The highest BCUT2D eigenvalue weighted by molar-refractivity contribution is 7.89. The zero-order chi connectivity index (χ0) is 20.7. The van der Waals surface area contributed by atoms with E-state index in [1.807, 2.05) is 11.0 Å². The molecule has 0 radical (unpaired) electrons. The molecule has 2 N–H and O–H groups in total. The number of para-hydroxylation sites is 1. The van der Waals surface area contributed by atoms with E-state index in [1.54, 1.807) is 25.2 Å². The minimum Gasteiger partial charge on any atom is -0.366 e. The van der Waals surface area contributed by atoms with E-state index < -0.39 is 10.0 Å². The smallest absolute Gasteiger partial charge is 0.242 e. The predicted molar refractivity (Wildman–Crippen MR) is 111 cm³/mol. The summed E-state index contributed by atoms with van der Waals surface area (Å²) in [6.07, 6.45) is 2.83. The topological polar surface area (TPSA) is 89.9 Å². The van der Waals surface area contributed by atoms with Crippen LogP contribution in [0.2, 0.25) is 0 Å². The van der Waals surface area contributed by atoms with Gasteiger partial charge in [-0.2, -0.15) is 0 Å². The van der Waals surface area contributed by atoms with Crippen LogP contribution in [0.5, 0.6) is 0 Å². The fourth-order valence-corrected chi connectivity index (χ4v) is 4.14. The maximum absolute atomic E-state index is 14.0. The molecule has 3 rings (SSSR count). The van der Waals surface area contributed by atoms with Gasteiger partial charge in [0.2, 0.25) is 10.0 Å². The minimum atomic E-state index is -3.58. The molecular formula is C19H25FN6O2S. The molecule has 0 aliphatic carbocycles. The Labute approximate surface area is 170 Å². The van der Waals surface area contributed by atoms with E-state index in [4.69, 9.17) is 0 Å². The summed E-state index contributed by atoms with van der Waals surface area (Å²) in [6.45, 7) is 3.33. The molecule has 2 heterocycles. The van der Waals surface area contributed by atoms with Crippen molar-refractivity contribution in [2.75, 3.05) is 51.2 Å². The Morgan fingerprint density at radius 2 is 1.90 bits per heavy atom. The largest absolute Gasteiger partial charge is 0.366 e. The Balaban J connectivity index is 1.46. The first-order valence-corrected chi connectivity index (χ1v) is 10.8. The molecule has 0 unspecified atom stereocenters. The van der Waals surface area contributed by atoms with Crippen LogP contribution >= 0.6 is 0 Å². The number of nitrogens with one attached hydrogen (secondary N) is 2. The maximum atomic E-state index is 14.0. The number of rotatable bonds is 6. The molecule has 1 aliphatic heterocycles. The Morgan fingerprint density at radius 3 is 2.55 bits per heavy atom. The first-order chi connectivity index (χ1) is 14.0. The Kier molecular flexibility index (Phi) is 6.99. The molecule has 10 heteroatoms. The fraction of sp³-hybridized carbons (Fsp3) is 0.368. The number of aliphatic imine (C=N–C) groups is 1. The molecule has 0 amide bonds. The highest BCUT2D eigenvalue weighted by Crippen LogP contribution is 2.20. The van der Waals surface area contributed by atoms with Crippen molar-refractivity contribution in [3.05, 3.63) is 54.6 Å². The van der Waals surface area contributed by atoms with Gasteiger partial charge in [-0.1, -0.05) is 12.1 Å². The number of guanidine groups is 1. The molecule has 1 saturated heterocycles. The molecule has 0 saturated carbocycles. The van der Waals surface area contributed by atoms with Gasteiger partial charge in [0.05, 0.1) is 5.69 Å². The molecule has 29 heavy (non-hydrogen) atoms. The van der Waals surface area contributed by atoms with E-state index in [0.717, 1.165) is 0 Å². The van der Waals surface area contributed by atoms with Crippen LogP contribution in [0.25, 0.3) is 0 Å². The SMILES string of the molecule is CN=C(NCCNS(=O)(=O)c1cccnc1)N1CCN(c2ccccc2F)CC1. The highest BCUT2D eigenvalue weighted by Gasteiger charge is 2.21. The molecule has 1 aromatic heterocycles. The lowest BCUT2D eigenvalue weighted by atomic mass is 10.2. The fourth-order valence-electron chi connectivity index (χ4n) is 3.15. The van der Waals surface area contributed by atoms with Gasteiger partial charge in [0, 0.05) is 58.7 Å². The normalized spacial score (nSPS) is 15.4. The summed E-state index contributed by atoms with van der Waals surface area (Å²) in [5, 5.41) is 3.17. The van der Waals surface area contributed by atoms with E-state index in [1.165, 1.54) is 24.5 Å². The molecule has 2 aromatic rings. The van der Waals surface area contributed by atoms with Gasteiger partial charge in [0.1, 0.15) is 10.7 Å². The van der Waals surface area contributed by atoms with Crippen LogP contribution in [0.3, 0.4) is 0 Å². The average Bonchev–Trinajstić information content (AvgIpc) is 2.75. The molecule has 1 aliphatic rings. The summed E-state index contributed by atoms with van der Waals surface area (Å²) in [7, 11) is -1.89. The number of sulfonamides is 1. The van der Waals surface area contributed by atoms with Crippen molar-refractivity contribution >= 4 is 21.7 Å². The number of halogens is 1. The van der Waals surface area contributed by atoms with E-state index >= 15 is 0 Å². The van der Waals surface area contributed by atoms with Crippen molar-refractivity contribution < 1.29 is 12.8 Å².